The van der Waals surface area contributed by atoms with E-state index in [9.17, 15) is 10.1 Å². The molecule has 4 heteroatoms. The van der Waals surface area contributed by atoms with Gasteiger partial charge in [0, 0.05) is 23.2 Å². The van der Waals surface area contributed by atoms with Gasteiger partial charge in [-0.25, -0.2) is 0 Å². The first-order valence-corrected chi connectivity index (χ1v) is 5.84. The molecular weight excluding hydrogens is 240 g/mol. The molecule has 0 spiro atoms. The van der Waals surface area contributed by atoms with Crippen molar-refractivity contribution in [1.29, 1.82) is 0 Å². The zero-order valence-electron chi connectivity index (χ0n) is 9.98. The maximum atomic E-state index is 11.0. The van der Waals surface area contributed by atoms with Crippen molar-refractivity contribution in [2.24, 2.45) is 0 Å². The van der Waals surface area contributed by atoms with E-state index in [1.165, 1.54) is 6.07 Å². The smallest absolute Gasteiger partial charge is 0.258 e. The first-order chi connectivity index (χ1) is 9.25. The van der Waals surface area contributed by atoms with Crippen LogP contribution in [0.2, 0.25) is 0 Å². The molecule has 0 aliphatic rings. The van der Waals surface area contributed by atoms with Gasteiger partial charge in [-0.1, -0.05) is 30.3 Å². The number of nitro benzene ring substituents is 1. The molecule has 0 saturated carbocycles. The molecular formula is C15H10N2O2. The molecule has 0 radical (unpaired) electrons. The van der Waals surface area contributed by atoms with E-state index < -0.39 is 0 Å². The topological polar surface area (TPSA) is 56.0 Å². The summed E-state index contributed by atoms with van der Waals surface area (Å²) in [5.74, 6) is 0. The lowest BCUT2D eigenvalue weighted by atomic mass is 10.0. The predicted molar refractivity (Wildman–Crippen MR) is 73.8 cm³/mol. The average molecular weight is 250 g/mol. The van der Waals surface area contributed by atoms with Crippen LogP contribution in [0, 0.1) is 10.1 Å². The summed E-state index contributed by atoms with van der Waals surface area (Å²) in [7, 11) is 0. The van der Waals surface area contributed by atoms with Crippen LogP contribution in [0.4, 0.5) is 5.69 Å². The highest BCUT2D eigenvalue weighted by atomic mass is 16.6. The zero-order valence-corrected chi connectivity index (χ0v) is 9.98. The minimum atomic E-state index is -0.371. The molecule has 0 amide bonds. The van der Waals surface area contributed by atoms with Gasteiger partial charge in [0.05, 0.1) is 16.0 Å². The number of rotatable bonds is 2. The summed E-state index contributed by atoms with van der Waals surface area (Å²) in [4.78, 5) is 15.0. The predicted octanol–water partition coefficient (Wildman–Crippen LogP) is 3.81. The number of fused-ring (bicyclic) bond motifs is 1. The quantitative estimate of drug-likeness (QED) is 0.513. The van der Waals surface area contributed by atoms with E-state index >= 15 is 0 Å². The Bertz CT molecular complexity index is 769. The number of nitro groups is 1. The fourth-order valence-corrected chi connectivity index (χ4v) is 2.10. The fraction of sp³-hybridized carbons (Fsp3) is 0. The van der Waals surface area contributed by atoms with Crippen LogP contribution in [0.5, 0.6) is 0 Å². The molecule has 0 unspecified atom stereocenters. The average Bonchev–Trinajstić information content (AvgIpc) is 2.46. The van der Waals surface area contributed by atoms with Gasteiger partial charge in [0.15, 0.2) is 0 Å². The van der Waals surface area contributed by atoms with Gasteiger partial charge in [-0.05, 0) is 18.2 Å². The molecule has 2 aromatic carbocycles. The van der Waals surface area contributed by atoms with Gasteiger partial charge < -0.3 is 0 Å². The van der Waals surface area contributed by atoms with Crippen LogP contribution in [-0.2, 0) is 0 Å². The summed E-state index contributed by atoms with van der Waals surface area (Å²) >= 11 is 0. The van der Waals surface area contributed by atoms with Gasteiger partial charge in [0.1, 0.15) is 0 Å². The summed E-state index contributed by atoms with van der Waals surface area (Å²) in [5, 5.41) is 12.0. The number of aromatic nitrogens is 1. The van der Waals surface area contributed by atoms with Crippen LogP contribution in [0.1, 0.15) is 0 Å². The number of hydrogen-bond acceptors (Lipinski definition) is 3. The SMILES string of the molecule is O=[N+]([O-])c1ccccc1-c1cnc2ccccc2c1. The lowest BCUT2D eigenvalue weighted by molar-refractivity contribution is -0.384. The molecule has 19 heavy (non-hydrogen) atoms. The Morgan fingerprint density at radius 2 is 1.74 bits per heavy atom. The highest BCUT2D eigenvalue weighted by Crippen LogP contribution is 2.30. The Morgan fingerprint density at radius 1 is 1.00 bits per heavy atom. The molecule has 3 aromatic rings. The third-order valence-electron chi connectivity index (χ3n) is 3.00. The minimum Gasteiger partial charge on any atom is -0.258 e. The molecule has 0 N–H and O–H groups in total. The third kappa shape index (κ3) is 2.04. The van der Waals surface area contributed by atoms with Crippen LogP contribution in [0.25, 0.3) is 22.0 Å². The lowest BCUT2D eigenvalue weighted by Gasteiger charge is -2.04. The van der Waals surface area contributed by atoms with Crippen LogP contribution in [0.15, 0.2) is 60.8 Å². The summed E-state index contributed by atoms with van der Waals surface area (Å²) < 4.78 is 0. The molecule has 4 nitrogen and oxygen atoms in total. The highest BCUT2D eigenvalue weighted by molar-refractivity contribution is 5.85. The van der Waals surface area contributed by atoms with Crippen molar-refractivity contribution in [2.75, 3.05) is 0 Å². The standard InChI is InChI=1S/C15H10N2O2/c18-17(19)15-8-4-2-6-13(15)12-9-11-5-1-3-7-14(11)16-10-12/h1-10H. The molecule has 0 fully saturated rings. The van der Waals surface area contributed by atoms with Crippen molar-refractivity contribution >= 4 is 16.6 Å². The first kappa shape index (κ1) is 11.3. The number of benzene rings is 2. The molecule has 0 atom stereocenters. The van der Waals surface area contributed by atoms with E-state index in [-0.39, 0.29) is 10.6 Å². The Balaban J connectivity index is 2.22. The van der Waals surface area contributed by atoms with Crippen molar-refractivity contribution in [3.63, 3.8) is 0 Å². The summed E-state index contributed by atoms with van der Waals surface area (Å²) in [6.45, 7) is 0. The van der Waals surface area contributed by atoms with Gasteiger partial charge >= 0.3 is 0 Å². The molecule has 92 valence electrons. The summed E-state index contributed by atoms with van der Waals surface area (Å²) in [5.41, 5.74) is 2.32. The number of para-hydroxylation sites is 2. The normalized spacial score (nSPS) is 10.5. The van der Waals surface area contributed by atoms with Gasteiger partial charge in [-0.15, -0.1) is 0 Å². The summed E-state index contributed by atoms with van der Waals surface area (Å²) in [6.07, 6.45) is 1.67. The van der Waals surface area contributed by atoms with E-state index in [0.717, 1.165) is 16.5 Å². The Kier molecular flexibility index (Phi) is 2.68. The largest absolute Gasteiger partial charge is 0.277 e. The second kappa shape index (κ2) is 4.49. The van der Waals surface area contributed by atoms with Crippen LogP contribution < -0.4 is 0 Å². The van der Waals surface area contributed by atoms with Gasteiger partial charge in [-0.2, -0.15) is 0 Å². The number of pyridine rings is 1. The molecule has 0 aliphatic carbocycles. The van der Waals surface area contributed by atoms with E-state index in [1.807, 2.05) is 30.3 Å². The highest BCUT2D eigenvalue weighted by Gasteiger charge is 2.14. The maximum Gasteiger partial charge on any atom is 0.277 e. The molecule has 0 saturated heterocycles. The maximum absolute atomic E-state index is 11.0. The second-order valence-corrected chi connectivity index (χ2v) is 4.19. The van der Waals surface area contributed by atoms with Crippen LogP contribution in [-0.4, -0.2) is 9.91 Å². The molecule has 3 rings (SSSR count). The van der Waals surface area contributed by atoms with Crippen LogP contribution >= 0.6 is 0 Å². The van der Waals surface area contributed by atoms with Gasteiger partial charge in [-0.3, -0.25) is 15.1 Å². The van der Waals surface area contributed by atoms with Crippen molar-refractivity contribution < 1.29 is 4.92 Å². The Labute approximate surface area is 109 Å². The number of nitrogens with zero attached hydrogens (tertiary/aromatic N) is 2. The molecule has 0 aliphatic heterocycles. The third-order valence-corrected chi connectivity index (χ3v) is 3.00. The molecule has 1 heterocycles. The monoisotopic (exact) mass is 250 g/mol. The zero-order chi connectivity index (χ0) is 13.2. The minimum absolute atomic E-state index is 0.0968. The van der Waals surface area contributed by atoms with Gasteiger partial charge in [0.2, 0.25) is 0 Å². The number of hydrogen-bond donors (Lipinski definition) is 0. The van der Waals surface area contributed by atoms with Crippen molar-refractivity contribution in [2.45, 2.75) is 0 Å². The van der Waals surface area contributed by atoms with Crippen molar-refractivity contribution in [3.05, 3.63) is 70.9 Å². The fourth-order valence-electron chi connectivity index (χ4n) is 2.10. The Morgan fingerprint density at radius 3 is 2.58 bits per heavy atom. The van der Waals surface area contributed by atoms with E-state index in [4.69, 9.17) is 0 Å². The van der Waals surface area contributed by atoms with Crippen molar-refractivity contribution in [3.8, 4) is 11.1 Å². The van der Waals surface area contributed by atoms with Gasteiger partial charge in [0.25, 0.3) is 5.69 Å². The van der Waals surface area contributed by atoms with Crippen LogP contribution in [0.3, 0.4) is 0 Å². The Hall–Kier alpha value is -2.75. The van der Waals surface area contributed by atoms with E-state index in [0.29, 0.717) is 5.56 Å². The van der Waals surface area contributed by atoms with E-state index in [1.54, 1.807) is 24.4 Å². The van der Waals surface area contributed by atoms with Crippen molar-refractivity contribution in [1.82, 2.24) is 4.98 Å². The lowest BCUT2D eigenvalue weighted by Crippen LogP contribution is -1.92. The van der Waals surface area contributed by atoms with E-state index in [2.05, 4.69) is 4.98 Å². The second-order valence-electron chi connectivity index (χ2n) is 4.19. The summed E-state index contributed by atoms with van der Waals surface area (Å²) in [6, 6.07) is 16.3. The molecule has 0 bridgehead atoms. The first-order valence-electron chi connectivity index (χ1n) is 5.84. The molecule has 1 aromatic heterocycles.